The maximum atomic E-state index is 9.75. The Labute approximate surface area is 277 Å². The summed E-state index contributed by atoms with van der Waals surface area (Å²) in [6.45, 7) is 0. The van der Waals surface area contributed by atoms with E-state index >= 15 is 0 Å². The van der Waals surface area contributed by atoms with Crippen LogP contribution in [0.2, 0.25) is 0 Å². The molecule has 5 rings (SSSR count). The van der Waals surface area contributed by atoms with E-state index in [9.17, 15) is 17.3 Å². The number of hydrogen-bond donors (Lipinski definition) is 0. The van der Waals surface area contributed by atoms with Crippen molar-refractivity contribution < 1.29 is 38.2 Å². The van der Waals surface area contributed by atoms with Crippen LogP contribution in [0.15, 0.2) is 146 Å². The summed E-state index contributed by atoms with van der Waals surface area (Å²) in [5.41, 5.74) is 0. The maximum absolute atomic E-state index is 9.75. The molecule has 0 saturated carbocycles. The van der Waals surface area contributed by atoms with E-state index in [-0.39, 0.29) is 36.7 Å². The van der Waals surface area contributed by atoms with E-state index in [1.54, 1.807) is 0 Å². The predicted molar refractivity (Wildman–Crippen MR) is 185 cm³/mol. The first-order valence-corrected chi connectivity index (χ1v) is 17.9. The normalized spacial score (nSPS) is 12.6. The van der Waals surface area contributed by atoms with Gasteiger partial charge in [0.15, 0.2) is 0 Å². The zero-order valence-electron chi connectivity index (χ0n) is 25.8. The SMILES string of the molecule is C1=CCCC=CCC1.F[B-](F)(F)F.[H+].[Rh].c1ccc(P(CCCCP(c2ccccc2)c2ccccc2)c2ccccc2)cc1. The van der Waals surface area contributed by atoms with Crippen LogP contribution in [-0.4, -0.2) is 19.6 Å². The molecule has 0 bridgehead atoms. The zero-order chi connectivity index (χ0) is 30.6. The second kappa shape index (κ2) is 22.2. The zero-order valence-corrected chi connectivity index (χ0v) is 28.3. The molecule has 0 fully saturated rings. The van der Waals surface area contributed by atoms with E-state index in [1.165, 1.54) is 72.1 Å². The Bertz CT molecular complexity index is 1130. The van der Waals surface area contributed by atoms with Crippen molar-refractivity contribution in [1.29, 1.82) is 0 Å². The van der Waals surface area contributed by atoms with E-state index in [0.29, 0.717) is 0 Å². The van der Waals surface area contributed by atoms with Crippen molar-refractivity contribution in [2.75, 3.05) is 12.3 Å². The van der Waals surface area contributed by atoms with Crippen molar-refractivity contribution in [3.05, 3.63) is 146 Å². The summed E-state index contributed by atoms with van der Waals surface area (Å²) in [5.74, 6) is 0. The average molecular weight is 725 g/mol. The molecular weight excluding hydrogens is 684 g/mol. The number of hydrogen-bond acceptors (Lipinski definition) is 0. The third kappa shape index (κ3) is 16.1. The minimum Gasteiger partial charge on any atom is -0.418 e. The molecular formula is C36H41BF4P2Rh. The minimum absolute atomic E-state index is 0. The molecule has 0 saturated heterocycles. The quantitative estimate of drug-likeness (QED) is 0.0530. The van der Waals surface area contributed by atoms with Gasteiger partial charge in [0, 0.05) is 19.5 Å². The van der Waals surface area contributed by atoms with Crippen molar-refractivity contribution in [3.8, 4) is 0 Å². The van der Waals surface area contributed by atoms with Gasteiger partial charge in [0.25, 0.3) is 0 Å². The Balaban J connectivity index is 0.000000566. The van der Waals surface area contributed by atoms with E-state index < -0.39 is 7.25 Å². The Kier molecular flexibility index (Phi) is 19.1. The van der Waals surface area contributed by atoms with Crippen LogP contribution in [0.25, 0.3) is 0 Å². The summed E-state index contributed by atoms with van der Waals surface area (Å²) in [7, 11) is -6.57. The largest absolute Gasteiger partial charge is 1.00 e. The Morgan fingerprint density at radius 2 is 0.636 bits per heavy atom. The number of halogens is 4. The predicted octanol–water partition coefficient (Wildman–Crippen LogP) is 10.1. The van der Waals surface area contributed by atoms with Gasteiger partial charge in [0.05, 0.1) is 0 Å². The third-order valence-electron chi connectivity index (χ3n) is 6.62. The van der Waals surface area contributed by atoms with Crippen LogP contribution >= 0.6 is 15.8 Å². The molecule has 4 aromatic rings. The van der Waals surface area contributed by atoms with Gasteiger partial charge in [-0.15, -0.1) is 0 Å². The summed E-state index contributed by atoms with van der Waals surface area (Å²) in [6, 6.07) is 44.3. The molecule has 0 spiro atoms. The Morgan fingerprint density at radius 1 is 0.432 bits per heavy atom. The second-order valence-electron chi connectivity index (χ2n) is 9.94. The molecule has 0 aliphatic heterocycles. The third-order valence-corrected chi connectivity index (χ3v) is 11.8. The second-order valence-corrected chi connectivity index (χ2v) is 14.6. The monoisotopic (exact) mass is 725 g/mol. The van der Waals surface area contributed by atoms with Crippen LogP contribution in [0, 0.1) is 0 Å². The first kappa shape index (κ1) is 37.8. The molecule has 0 unspecified atom stereocenters. The van der Waals surface area contributed by atoms with Gasteiger partial charge in [-0.05, 0) is 87.9 Å². The molecule has 1 radical (unpaired) electrons. The number of allylic oxidation sites excluding steroid dienone is 4. The van der Waals surface area contributed by atoms with Crippen LogP contribution in [0.5, 0.6) is 0 Å². The molecule has 1 aliphatic rings. The van der Waals surface area contributed by atoms with Gasteiger partial charge in [-0.1, -0.05) is 146 Å². The average Bonchev–Trinajstić information content (AvgIpc) is 3.00. The molecule has 4 aromatic carbocycles. The van der Waals surface area contributed by atoms with Gasteiger partial charge in [0.2, 0.25) is 0 Å². The van der Waals surface area contributed by atoms with Gasteiger partial charge in [-0.2, -0.15) is 0 Å². The fourth-order valence-corrected chi connectivity index (χ4v) is 9.48. The molecule has 0 nitrogen and oxygen atoms in total. The van der Waals surface area contributed by atoms with E-state index in [0.717, 1.165) is 0 Å². The Hall–Kier alpha value is -2.37. The van der Waals surface area contributed by atoms with Crippen molar-refractivity contribution in [2.24, 2.45) is 0 Å². The Morgan fingerprint density at radius 3 is 0.841 bits per heavy atom. The molecule has 0 atom stereocenters. The molecule has 0 N–H and O–H groups in total. The van der Waals surface area contributed by atoms with E-state index in [4.69, 9.17) is 0 Å². The van der Waals surface area contributed by atoms with Crippen molar-refractivity contribution in [2.45, 2.75) is 38.5 Å². The van der Waals surface area contributed by atoms with E-state index in [1.807, 2.05) is 0 Å². The van der Waals surface area contributed by atoms with Crippen LogP contribution in [-0.2, 0) is 19.5 Å². The van der Waals surface area contributed by atoms with Gasteiger partial charge >= 0.3 is 8.68 Å². The molecule has 8 heteroatoms. The summed E-state index contributed by atoms with van der Waals surface area (Å²) in [6.07, 6.45) is 19.1. The fourth-order valence-electron chi connectivity index (χ4n) is 4.64. The number of unbranched alkanes of at least 4 members (excludes halogenated alkanes) is 1. The number of rotatable bonds is 9. The molecule has 0 amide bonds. The van der Waals surface area contributed by atoms with Crippen LogP contribution in [0.1, 0.15) is 40.0 Å². The first-order valence-electron chi connectivity index (χ1n) is 14.8. The molecule has 44 heavy (non-hydrogen) atoms. The van der Waals surface area contributed by atoms with Crippen molar-refractivity contribution >= 4 is 44.3 Å². The molecule has 0 aromatic heterocycles. The number of benzene rings is 4. The molecule has 0 heterocycles. The van der Waals surface area contributed by atoms with Crippen LogP contribution in [0.3, 0.4) is 0 Å². The van der Waals surface area contributed by atoms with E-state index in [2.05, 4.69) is 146 Å². The van der Waals surface area contributed by atoms with Gasteiger partial charge < -0.3 is 17.3 Å². The summed E-state index contributed by atoms with van der Waals surface area (Å²) < 4.78 is 39.0. The van der Waals surface area contributed by atoms with Gasteiger partial charge in [0.1, 0.15) is 0 Å². The first-order chi connectivity index (χ1) is 20.9. The van der Waals surface area contributed by atoms with Crippen LogP contribution in [0.4, 0.5) is 17.3 Å². The minimum atomic E-state index is -6.00. The summed E-state index contributed by atoms with van der Waals surface area (Å²) in [5, 5.41) is 5.97. The van der Waals surface area contributed by atoms with Gasteiger partial charge in [-0.25, -0.2) is 0 Å². The fraction of sp³-hybridized carbons (Fsp3) is 0.222. The van der Waals surface area contributed by atoms with Gasteiger partial charge in [-0.3, -0.25) is 0 Å². The summed E-state index contributed by atoms with van der Waals surface area (Å²) >= 11 is 0. The van der Waals surface area contributed by atoms with Crippen molar-refractivity contribution in [1.82, 2.24) is 0 Å². The summed E-state index contributed by atoms with van der Waals surface area (Å²) in [4.78, 5) is 0. The molecule has 235 valence electrons. The smallest absolute Gasteiger partial charge is 0.418 e. The topological polar surface area (TPSA) is 0 Å². The molecule has 1 aliphatic carbocycles. The van der Waals surface area contributed by atoms with Crippen LogP contribution < -0.4 is 21.2 Å². The standard InChI is InChI=1S/C28H28P2.C8H12.BF4.Rh/c1-5-15-25(16-6-1)29(26-17-7-2-8-18-26)23-13-14-24-30(27-19-9-3-10-20-27)28-21-11-4-12-22-28;1-2-4-6-8-7-5-3-1;2-1(3,4)5;/h1-12,15-22H,13-14,23-24H2;1-2,7-8H,3-6H2;;/q;;-1;/p+1. The maximum Gasteiger partial charge on any atom is 1.00 e. The van der Waals surface area contributed by atoms with Crippen molar-refractivity contribution in [3.63, 3.8) is 0 Å².